The maximum Gasteiger partial charge on any atom is 0.0186 e. The highest BCUT2D eigenvalue weighted by atomic mass is 31.2. The summed E-state index contributed by atoms with van der Waals surface area (Å²) in [5.41, 5.74) is 6.06. The zero-order valence-electron chi connectivity index (χ0n) is 17.3. The highest BCUT2D eigenvalue weighted by molar-refractivity contribution is 7.73. The molecule has 0 bridgehead atoms. The van der Waals surface area contributed by atoms with Crippen LogP contribution in [0.25, 0.3) is 0 Å². The van der Waals surface area contributed by atoms with Crippen LogP contribution in [-0.4, -0.2) is 38.2 Å². The van der Waals surface area contributed by atoms with E-state index in [1.54, 1.807) is 0 Å². The number of rotatable bonds is 4. The van der Waals surface area contributed by atoms with Gasteiger partial charge in [0, 0.05) is 13.1 Å². The van der Waals surface area contributed by atoms with Gasteiger partial charge in [-0.15, -0.1) is 0 Å². The van der Waals surface area contributed by atoms with Gasteiger partial charge in [0.05, 0.1) is 0 Å². The third-order valence-electron chi connectivity index (χ3n) is 3.33. The Hall–Kier alpha value is 0.780. The summed E-state index contributed by atoms with van der Waals surface area (Å²) in [7, 11) is -0.596. The van der Waals surface area contributed by atoms with Crippen LogP contribution in [0.3, 0.4) is 0 Å². The number of hydrogen-bond donors (Lipinski definition) is 1. The molecule has 134 valence electrons. The molecule has 0 saturated carbocycles. The van der Waals surface area contributed by atoms with Crippen molar-refractivity contribution >= 4 is 16.1 Å². The van der Waals surface area contributed by atoms with Crippen LogP contribution in [-0.2, 0) is 0 Å². The lowest BCUT2D eigenvalue weighted by Crippen LogP contribution is -2.42. The fraction of sp³-hybridized carbons (Fsp3) is 1.00. The first-order chi connectivity index (χ1) is 9.44. The second-order valence-electron chi connectivity index (χ2n) is 10.2. The van der Waals surface area contributed by atoms with Crippen molar-refractivity contribution in [3.63, 3.8) is 0 Å². The van der Waals surface area contributed by atoms with Crippen LogP contribution in [0.15, 0.2) is 0 Å². The minimum atomic E-state index is -0.298. The van der Waals surface area contributed by atoms with E-state index in [2.05, 4.69) is 87.5 Å². The highest BCUT2D eigenvalue weighted by Gasteiger charge is 2.47. The summed E-state index contributed by atoms with van der Waals surface area (Å²) >= 11 is 0. The number of hydrogen-bond acceptors (Lipinski definition) is 2. The predicted octanol–water partition coefficient (Wildman–Crippen LogP) is 6.23. The number of nitrogens with zero attached hydrogens (tertiary/aromatic N) is 1. The van der Waals surface area contributed by atoms with E-state index in [0.29, 0.717) is 20.6 Å². The summed E-state index contributed by atoms with van der Waals surface area (Å²) in [5, 5.41) is 1.17. The zero-order valence-corrected chi connectivity index (χ0v) is 19.1. The summed E-state index contributed by atoms with van der Waals surface area (Å²) < 4.78 is 2.85. The van der Waals surface area contributed by atoms with Crippen molar-refractivity contribution in [3.8, 4) is 0 Å². The summed E-state index contributed by atoms with van der Waals surface area (Å²) in [4.78, 5) is 0. The number of nitrogens with two attached hydrogens (primary N) is 1. The Morgan fingerprint density at radius 2 is 0.818 bits per heavy atom. The van der Waals surface area contributed by atoms with Gasteiger partial charge >= 0.3 is 0 Å². The van der Waals surface area contributed by atoms with Crippen molar-refractivity contribution in [1.29, 1.82) is 0 Å². The molecule has 0 spiro atoms. The Morgan fingerprint density at radius 1 is 0.591 bits per heavy atom. The quantitative estimate of drug-likeness (QED) is 0.610. The summed E-state index contributed by atoms with van der Waals surface area (Å²) in [6.45, 7) is 30.7. The summed E-state index contributed by atoms with van der Waals surface area (Å²) in [5.74, 6) is 0. The minimum Gasteiger partial charge on any atom is -0.329 e. The van der Waals surface area contributed by atoms with Gasteiger partial charge in [0.25, 0.3) is 0 Å². The zero-order chi connectivity index (χ0) is 18.1. The molecule has 0 saturated heterocycles. The van der Waals surface area contributed by atoms with E-state index in [1.165, 1.54) is 0 Å². The predicted molar refractivity (Wildman–Crippen MR) is 109 cm³/mol. The average molecular weight is 348 g/mol. The first-order valence-electron chi connectivity index (χ1n) is 8.52. The molecule has 0 amide bonds. The van der Waals surface area contributed by atoms with Crippen LogP contribution in [0.1, 0.15) is 83.1 Å². The van der Waals surface area contributed by atoms with Crippen LogP contribution in [0.4, 0.5) is 0 Å². The Labute approximate surface area is 143 Å². The Bertz CT molecular complexity index is 280. The van der Waals surface area contributed by atoms with E-state index in [0.717, 1.165) is 13.1 Å². The third-order valence-corrected chi connectivity index (χ3v) is 10.8. The summed E-state index contributed by atoms with van der Waals surface area (Å²) in [6.07, 6.45) is 0. The van der Waals surface area contributed by atoms with Gasteiger partial charge in [-0.1, -0.05) is 83.1 Å². The van der Waals surface area contributed by atoms with Gasteiger partial charge in [-0.2, -0.15) is 0 Å². The summed E-state index contributed by atoms with van der Waals surface area (Å²) in [6, 6.07) is 0. The van der Waals surface area contributed by atoms with Crippen molar-refractivity contribution in [2.75, 3.05) is 13.1 Å². The first kappa shape index (κ1) is 22.8. The lowest BCUT2D eigenvalue weighted by molar-refractivity contribution is 0.565. The van der Waals surface area contributed by atoms with Gasteiger partial charge in [-0.05, 0) is 36.8 Å². The SMILES string of the molecule is CC(C)(C)P(N(CCN)P(C(C)(C)C)C(C)(C)C)C(C)(C)C. The van der Waals surface area contributed by atoms with Crippen molar-refractivity contribution in [1.82, 2.24) is 4.44 Å². The van der Waals surface area contributed by atoms with Gasteiger partial charge in [0.1, 0.15) is 0 Å². The highest BCUT2D eigenvalue weighted by Crippen LogP contribution is 2.75. The Morgan fingerprint density at radius 3 is 0.955 bits per heavy atom. The van der Waals surface area contributed by atoms with Crippen molar-refractivity contribution < 1.29 is 0 Å². The molecule has 0 aromatic heterocycles. The molecule has 0 aromatic rings. The largest absolute Gasteiger partial charge is 0.329 e. The molecule has 4 heteroatoms. The molecule has 0 aliphatic rings. The Kier molecular flexibility index (Phi) is 7.61. The average Bonchev–Trinajstić information content (AvgIpc) is 2.06. The molecule has 0 rings (SSSR count). The lowest BCUT2D eigenvalue weighted by Gasteiger charge is -2.57. The lowest BCUT2D eigenvalue weighted by atomic mass is 10.2. The maximum atomic E-state index is 6.06. The third kappa shape index (κ3) is 6.35. The van der Waals surface area contributed by atoms with Crippen molar-refractivity contribution in [2.45, 2.75) is 104 Å². The van der Waals surface area contributed by atoms with E-state index < -0.39 is 0 Å². The van der Waals surface area contributed by atoms with Gasteiger partial charge in [0.15, 0.2) is 0 Å². The fourth-order valence-electron chi connectivity index (χ4n) is 3.80. The van der Waals surface area contributed by atoms with E-state index in [-0.39, 0.29) is 16.1 Å². The van der Waals surface area contributed by atoms with Crippen LogP contribution in [0.2, 0.25) is 0 Å². The van der Waals surface area contributed by atoms with Crippen molar-refractivity contribution in [2.24, 2.45) is 5.73 Å². The van der Waals surface area contributed by atoms with E-state index >= 15 is 0 Å². The minimum absolute atomic E-state index is 0.292. The van der Waals surface area contributed by atoms with Gasteiger partial charge < -0.3 is 5.73 Å². The van der Waals surface area contributed by atoms with Crippen LogP contribution in [0.5, 0.6) is 0 Å². The Balaban J connectivity index is 6.14. The molecule has 0 radical (unpaired) electrons. The molecule has 22 heavy (non-hydrogen) atoms. The normalized spacial score (nSPS) is 15.3. The van der Waals surface area contributed by atoms with Crippen molar-refractivity contribution in [3.05, 3.63) is 0 Å². The molecule has 2 nitrogen and oxygen atoms in total. The van der Waals surface area contributed by atoms with Crippen LogP contribution in [0, 0.1) is 0 Å². The molecule has 0 aromatic carbocycles. The monoisotopic (exact) mass is 348 g/mol. The molecule has 0 heterocycles. The van der Waals surface area contributed by atoms with Gasteiger partial charge in [-0.3, -0.25) is 4.44 Å². The molecular weight excluding hydrogens is 306 g/mol. The van der Waals surface area contributed by atoms with Crippen LogP contribution >= 0.6 is 16.1 Å². The molecule has 0 fully saturated rings. The smallest absolute Gasteiger partial charge is 0.0186 e. The molecule has 2 N–H and O–H groups in total. The van der Waals surface area contributed by atoms with Gasteiger partial charge in [-0.25, -0.2) is 0 Å². The fourth-order valence-corrected chi connectivity index (χ4v) is 15.2. The molecule has 0 unspecified atom stereocenters. The molecular formula is C18H42N2P2. The molecule has 0 aliphatic carbocycles. The first-order valence-corrected chi connectivity index (χ1v) is 11.1. The maximum absolute atomic E-state index is 6.06. The van der Waals surface area contributed by atoms with Gasteiger partial charge in [0.2, 0.25) is 0 Å². The topological polar surface area (TPSA) is 29.3 Å². The van der Waals surface area contributed by atoms with Crippen LogP contribution < -0.4 is 5.73 Å². The molecule has 0 aliphatic heterocycles. The van der Waals surface area contributed by atoms with E-state index in [9.17, 15) is 0 Å². The second kappa shape index (κ2) is 7.35. The molecule has 0 atom stereocenters. The standard InChI is InChI=1S/C18H42N2P2/c1-15(2,3)21(16(4,5)6)20(14-13-19)22(17(7,8)9)18(10,11)12/h13-14,19H2,1-12H3. The second-order valence-corrected chi connectivity index (χ2v) is 18.1. The van der Waals surface area contributed by atoms with E-state index in [1.807, 2.05) is 0 Å². The van der Waals surface area contributed by atoms with E-state index in [4.69, 9.17) is 5.73 Å².